The van der Waals surface area contributed by atoms with Gasteiger partial charge >= 0.3 is 0 Å². The van der Waals surface area contributed by atoms with Crippen LogP contribution in [0.25, 0.3) is 0 Å². The van der Waals surface area contributed by atoms with Gasteiger partial charge in [-0.25, -0.2) is 9.97 Å². The maximum Gasteiger partial charge on any atom is 0.218 e. The van der Waals surface area contributed by atoms with E-state index in [-0.39, 0.29) is 0 Å². The van der Waals surface area contributed by atoms with Crippen LogP contribution in [0, 0.1) is 0 Å². The normalized spacial score (nSPS) is 17.0. The summed E-state index contributed by atoms with van der Waals surface area (Å²) in [5.74, 6) is 3.30. The van der Waals surface area contributed by atoms with E-state index >= 15 is 0 Å². The molecule has 144 valence electrons. The van der Waals surface area contributed by atoms with Crippen LogP contribution in [-0.4, -0.2) is 46.3 Å². The topological polar surface area (TPSA) is 70.2 Å². The van der Waals surface area contributed by atoms with E-state index in [0.29, 0.717) is 18.4 Å². The van der Waals surface area contributed by atoms with Crippen LogP contribution < -0.4 is 14.5 Å². The molecule has 1 N–H and O–H groups in total. The molecule has 1 saturated heterocycles. The Labute approximate surface area is 164 Å². The van der Waals surface area contributed by atoms with Crippen molar-refractivity contribution in [3.63, 3.8) is 0 Å². The lowest BCUT2D eigenvalue weighted by Gasteiger charge is -2.35. The molecule has 7 nitrogen and oxygen atoms in total. The lowest BCUT2D eigenvalue weighted by atomic mass is 10.2. The zero-order valence-electron chi connectivity index (χ0n) is 15.8. The number of H-pyrrole nitrogens is 1. The Balaban J connectivity index is 1.19. The number of piperazine rings is 1. The zero-order chi connectivity index (χ0) is 18.8. The predicted octanol–water partition coefficient (Wildman–Crippen LogP) is 2.98. The third-order valence-corrected chi connectivity index (χ3v) is 5.39. The number of nitrogens with zero attached hydrogens (tertiary/aromatic N) is 5. The molecular formula is C21H24N6O. The average molecular weight is 376 g/mol. The SMILES string of the molecule is c1ccc(COc2cc(N3CCN(c4cc(C5CC5)[nH]n4)CC3)ncn2)cc1. The highest BCUT2D eigenvalue weighted by atomic mass is 16.5. The van der Waals surface area contributed by atoms with Crippen molar-refractivity contribution in [2.24, 2.45) is 0 Å². The first-order valence-electron chi connectivity index (χ1n) is 9.89. The summed E-state index contributed by atoms with van der Waals surface area (Å²) in [4.78, 5) is 13.3. The van der Waals surface area contributed by atoms with Gasteiger partial charge in [-0.3, -0.25) is 5.10 Å². The van der Waals surface area contributed by atoms with Gasteiger partial charge in [-0.15, -0.1) is 0 Å². The number of aromatic nitrogens is 4. The van der Waals surface area contributed by atoms with Gasteiger partial charge < -0.3 is 14.5 Å². The lowest BCUT2D eigenvalue weighted by Crippen LogP contribution is -2.47. The molecule has 28 heavy (non-hydrogen) atoms. The summed E-state index contributed by atoms with van der Waals surface area (Å²) in [6.45, 7) is 4.17. The number of nitrogens with one attached hydrogen (secondary N) is 1. The van der Waals surface area contributed by atoms with Gasteiger partial charge in [0.25, 0.3) is 0 Å². The molecule has 1 aromatic carbocycles. The van der Waals surface area contributed by atoms with Crippen molar-refractivity contribution in [3.8, 4) is 5.88 Å². The monoisotopic (exact) mass is 376 g/mol. The average Bonchev–Trinajstić information content (AvgIpc) is 3.50. The molecule has 1 saturated carbocycles. The Hall–Kier alpha value is -3.09. The quantitative estimate of drug-likeness (QED) is 0.713. The Bertz CT molecular complexity index is 915. The van der Waals surface area contributed by atoms with Gasteiger partial charge in [-0.05, 0) is 18.4 Å². The third kappa shape index (κ3) is 3.78. The first-order chi connectivity index (χ1) is 13.8. The second-order valence-corrected chi connectivity index (χ2v) is 7.42. The van der Waals surface area contributed by atoms with Gasteiger partial charge in [0.05, 0.1) is 0 Å². The van der Waals surface area contributed by atoms with E-state index in [2.05, 4.69) is 36.0 Å². The lowest BCUT2D eigenvalue weighted by molar-refractivity contribution is 0.293. The highest BCUT2D eigenvalue weighted by molar-refractivity contribution is 5.46. The molecule has 7 heteroatoms. The third-order valence-electron chi connectivity index (χ3n) is 5.39. The van der Waals surface area contributed by atoms with Gasteiger partial charge in [-0.1, -0.05) is 30.3 Å². The summed E-state index contributed by atoms with van der Waals surface area (Å²) >= 11 is 0. The van der Waals surface area contributed by atoms with Crippen molar-refractivity contribution in [1.29, 1.82) is 0 Å². The summed E-state index contributed by atoms with van der Waals surface area (Å²) < 4.78 is 5.84. The summed E-state index contributed by atoms with van der Waals surface area (Å²) in [5.41, 5.74) is 2.41. The molecule has 2 fully saturated rings. The first kappa shape index (κ1) is 17.0. The number of anilines is 2. The Morgan fingerprint density at radius 2 is 1.68 bits per heavy atom. The smallest absolute Gasteiger partial charge is 0.218 e. The molecular weight excluding hydrogens is 352 g/mol. The summed E-state index contributed by atoms with van der Waals surface area (Å²) in [6, 6.07) is 14.3. The Morgan fingerprint density at radius 3 is 2.43 bits per heavy atom. The van der Waals surface area contributed by atoms with E-state index < -0.39 is 0 Å². The van der Waals surface area contributed by atoms with Crippen molar-refractivity contribution in [2.75, 3.05) is 36.0 Å². The molecule has 1 aliphatic heterocycles. The second kappa shape index (κ2) is 7.50. The summed E-state index contributed by atoms with van der Waals surface area (Å²) in [5, 5.41) is 7.70. The maximum absolute atomic E-state index is 5.84. The largest absolute Gasteiger partial charge is 0.473 e. The van der Waals surface area contributed by atoms with Crippen molar-refractivity contribution in [1.82, 2.24) is 20.2 Å². The van der Waals surface area contributed by atoms with Crippen LogP contribution in [0.3, 0.4) is 0 Å². The molecule has 0 radical (unpaired) electrons. The van der Waals surface area contributed by atoms with Gasteiger partial charge in [0.1, 0.15) is 18.8 Å². The Kier molecular flexibility index (Phi) is 4.56. The number of benzene rings is 1. The molecule has 5 rings (SSSR count). The van der Waals surface area contributed by atoms with Crippen molar-refractivity contribution < 1.29 is 4.74 Å². The van der Waals surface area contributed by atoms with E-state index in [4.69, 9.17) is 4.74 Å². The van der Waals surface area contributed by atoms with Crippen LogP contribution >= 0.6 is 0 Å². The standard InChI is InChI=1S/C21H24N6O/c1-2-4-16(5-3-1)14-28-21-13-19(22-15-23-21)26-8-10-27(11-9-26)20-12-18(24-25-20)17-6-7-17/h1-5,12-13,15,17H,6-11,14H2,(H,24,25). The number of hydrogen-bond acceptors (Lipinski definition) is 6. The highest BCUT2D eigenvalue weighted by Gasteiger charge is 2.27. The van der Waals surface area contributed by atoms with E-state index in [1.807, 2.05) is 36.4 Å². The fourth-order valence-corrected chi connectivity index (χ4v) is 3.57. The molecule has 2 aromatic heterocycles. The minimum absolute atomic E-state index is 0.507. The van der Waals surface area contributed by atoms with Crippen LogP contribution in [0.1, 0.15) is 30.0 Å². The van der Waals surface area contributed by atoms with Gasteiger partial charge in [0.2, 0.25) is 5.88 Å². The van der Waals surface area contributed by atoms with E-state index in [1.165, 1.54) is 18.5 Å². The summed E-state index contributed by atoms with van der Waals surface area (Å²) in [6.07, 6.45) is 4.16. The molecule has 2 aliphatic rings. The highest BCUT2D eigenvalue weighted by Crippen LogP contribution is 2.39. The first-order valence-corrected chi connectivity index (χ1v) is 9.89. The van der Waals surface area contributed by atoms with Crippen molar-refractivity contribution >= 4 is 11.6 Å². The fourth-order valence-electron chi connectivity index (χ4n) is 3.57. The van der Waals surface area contributed by atoms with E-state index in [0.717, 1.165) is 43.4 Å². The van der Waals surface area contributed by atoms with Crippen molar-refractivity contribution in [3.05, 3.63) is 60.0 Å². The van der Waals surface area contributed by atoms with Gasteiger partial charge in [-0.2, -0.15) is 5.10 Å². The van der Waals surface area contributed by atoms with Crippen molar-refractivity contribution in [2.45, 2.75) is 25.4 Å². The van der Waals surface area contributed by atoms with Crippen LogP contribution in [0.2, 0.25) is 0 Å². The van der Waals surface area contributed by atoms with Crippen LogP contribution in [0.5, 0.6) is 5.88 Å². The van der Waals surface area contributed by atoms with E-state index in [9.17, 15) is 0 Å². The molecule has 0 bridgehead atoms. The van der Waals surface area contributed by atoms with E-state index in [1.54, 1.807) is 6.33 Å². The maximum atomic E-state index is 5.84. The van der Waals surface area contributed by atoms with Gasteiger partial charge in [0, 0.05) is 49.9 Å². The number of rotatable bonds is 6. The van der Waals surface area contributed by atoms with Gasteiger partial charge in [0.15, 0.2) is 5.82 Å². The molecule has 1 aliphatic carbocycles. The molecule has 0 amide bonds. The predicted molar refractivity (Wildman–Crippen MR) is 108 cm³/mol. The molecule has 0 atom stereocenters. The molecule has 0 unspecified atom stereocenters. The summed E-state index contributed by atoms with van der Waals surface area (Å²) in [7, 11) is 0. The molecule has 3 heterocycles. The van der Waals surface area contributed by atoms with Crippen LogP contribution in [-0.2, 0) is 6.61 Å². The number of hydrogen-bond donors (Lipinski definition) is 1. The number of aromatic amines is 1. The fraction of sp³-hybridized carbons (Fsp3) is 0.381. The molecule has 0 spiro atoms. The van der Waals surface area contributed by atoms with Crippen LogP contribution in [0.4, 0.5) is 11.6 Å². The number of ether oxygens (including phenoxy) is 1. The molecule has 3 aromatic rings. The zero-order valence-corrected chi connectivity index (χ0v) is 15.8. The minimum atomic E-state index is 0.507. The second-order valence-electron chi connectivity index (χ2n) is 7.42. The minimum Gasteiger partial charge on any atom is -0.473 e. The Morgan fingerprint density at radius 1 is 0.929 bits per heavy atom. The van der Waals surface area contributed by atoms with Crippen LogP contribution in [0.15, 0.2) is 48.8 Å².